The van der Waals surface area contributed by atoms with Crippen LogP contribution >= 0.6 is 23.1 Å². The summed E-state index contributed by atoms with van der Waals surface area (Å²) in [6, 6.07) is 13.1. The first-order chi connectivity index (χ1) is 15.6. The van der Waals surface area contributed by atoms with Gasteiger partial charge in [-0.3, -0.25) is 14.2 Å². The third-order valence-electron chi connectivity index (χ3n) is 5.69. The Labute approximate surface area is 193 Å². The van der Waals surface area contributed by atoms with Gasteiger partial charge in [0.2, 0.25) is 5.91 Å². The molecule has 0 saturated heterocycles. The molecule has 1 N–H and O–H groups in total. The van der Waals surface area contributed by atoms with Gasteiger partial charge in [0, 0.05) is 4.88 Å². The summed E-state index contributed by atoms with van der Waals surface area (Å²) in [5.41, 5.74) is 1.87. The van der Waals surface area contributed by atoms with E-state index in [1.165, 1.54) is 16.6 Å². The SMILES string of the molecule is C[C@H]1CCc2c(sc3nc(SCC(=O)NCc4ccco4)n(-c4ccccc4)c(=O)c23)C1. The van der Waals surface area contributed by atoms with Crippen molar-refractivity contribution in [3.8, 4) is 5.69 Å². The molecule has 1 aliphatic carbocycles. The largest absolute Gasteiger partial charge is 0.467 e. The van der Waals surface area contributed by atoms with Crippen LogP contribution in [0.2, 0.25) is 0 Å². The average Bonchev–Trinajstić information content (AvgIpc) is 3.44. The Morgan fingerprint density at radius 2 is 2.12 bits per heavy atom. The Bertz CT molecular complexity index is 1310. The highest BCUT2D eigenvalue weighted by atomic mass is 32.2. The summed E-state index contributed by atoms with van der Waals surface area (Å²) in [5, 5.41) is 4.12. The van der Waals surface area contributed by atoms with Crippen molar-refractivity contribution in [3.05, 3.63) is 75.3 Å². The number of carbonyl (C=O) groups is 1. The maximum atomic E-state index is 13.7. The first kappa shape index (κ1) is 21.0. The van der Waals surface area contributed by atoms with Gasteiger partial charge in [-0.25, -0.2) is 4.98 Å². The molecule has 1 aromatic carbocycles. The molecule has 3 heterocycles. The maximum absolute atomic E-state index is 13.7. The minimum absolute atomic E-state index is 0.0493. The van der Waals surface area contributed by atoms with E-state index in [-0.39, 0.29) is 17.2 Å². The minimum atomic E-state index is -0.139. The minimum Gasteiger partial charge on any atom is -0.467 e. The molecule has 3 aromatic heterocycles. The molecule has 0 saturated carbocycles. The fourth-order valence-corrected chi connectivity index (χ4v) is 6.32. The van der Waals surface area contributed by atoms with E-state index in [1.54, 1.807) is 28.2 Å². The molecule has 5 rings (SSSR count). The number of nitrogens with zero attached hydrogens (tertiary/aromatic N) is 2. The second kappa shape index (κ2) is 8.96. The second-order valence-electron chi connectivity index (χ2n) is 8.05. The molecule has 0 bridgehead atoms. The first-order valence-corrected chi connectivity index (χ1v) is 12.4. The van der Waals surface area contributed by atoms with Crippen LogP contribution in [0.4, 0.5) is 0 Å². The zero-order valence-corrected chi connectivity index (χ0v) is 19.3. The molecule has 6 nitrogen and oxygen atoms in total. The summed E-state index contributed by atoms with van der Waals surface area (Å²) in [6.07, 6.45) is 4.59. The number of furan rings is 1. The van der Waals surface area contributed by atoms with E-state index < -0.39 is 0 Å². The number of para-hydroxylation sites is 1. The van der Waals surface area contributed by atoms with Crippen molar-refractivity contribution in [2.24, 2.45) is 5.92 Å². The van der Waals surface area contributed by atoms with Gasteiger partial charge in [-0.15, -0.1) is 11.3 Å². The molecule has 0 unspecified atom stereocenters. The van der Waals surface area contributed by atoms with Gasteiger partial charge < -0.3 is 9.73 Å². The number of rotatable bonds is 6. The molecule has 0 aliphatic heterocycles. The van der Waals surface area contributed by atoms with E-state index in [0.717, 1.165) is 40.7 Å². The van der Waals surface area contributed by atoms with Crippen LogP contribution in [0.5, 0.6) is 0 Å². The van der Waals surface area contributed by atoms with Crippen LogP contribution in [0.25, 0.3) is 15.9 Å². The molecule has 0 fully saturated rings. The zero-order valence-electron chi connectivity index (χ0n) is 17.7. The number of thioether (sulfide) groups is 1. The number of aromatic nitrogens is 2. The molecule has 8 heteroatoms. The van der Waals surface area contributed by atoms with Crippen LogP contribution in [-0.2, 0) is 24.2 Å². The van der Waals surface area contributed by atoms with E-state index in [4.69, 9.17) is 9.40 Å². The van der Waals surface area contributed by atoms with E-state index in [2.05, 4.69) is 12.2 Å². The van der Waals surface area contributed by atoms with Crippen molar-refractivity contribution in [1.82, 2.24) is 14.9 Å². The van der Waals surface area contributed by atoms with E-state index in [0.29, 0.717) is 23.4 Å². The third-order valence-corrected chi connectivity index (χ3v) is 7.77. The lowest BCUT2D eigenvalue weighted by atomic mass is 9.89. The van der Waals surface area contributed by atoms with Crippen LogP contribution in [0.1, 0.15) is 29.5 Å². The molecular weight excluding hydrogens is 442 g/mol. The van der Waals surface area contributed by atoms with Crippen molar-refractivity contribution in [1.29, 1.82) is 0 Å². The molecule has 0 spiro atoms. The number of nitrogens with one attached hydrogen (secondary N) is 1. The normalized spacial score (nSPS) is 15.6. The predicted octanol–water partition coefficient (Wildman–Crippen LogP) is 4.57. The Morgan fingerprint density at radius 3 is 2.91 bits per heavy atom. The molecule has 1 aliphatic rings. The van der Waals surface area contributed by atoms with Gasteiger partial charge in [0.05, 0.1) is 29.6 Å². The quantitative estimate of drug-likeness (QED) is 0.333. The van der Waals surface area contributed by atoms with Gasteiger partial charge in [-0.2, -0.15) is 0 Å². The van der Waals surface area contributed by atoms with Crippen molar-refractivity contribution < 1.29 is 9.21 Å². The topological polar surface area (TPSA) is 77.1 Å². The third kappa shape index (κ3) is 4.12. The lowest BCUT2D eigenvalue weighted by Gasteiger charge is -2.17. The summed E-state index contributed by atoms with van der Waals surface area (Å²) in [5.74, 6) is 1.34. The van der Waals surface area contributed by atoms with Gasteiger partial charge in [0.25, 0.3) is 5.56 Å². The predicted molar refractivity (Wildman–Crippen MR) is 128 cm³/mol. The summed E-state index contributed by atoms with van der Waals surface area (Å²) >= 11 is 2.91. The van der Waals surface area contributed by atoms with Crippen LogP contribution in [0.15, 0.2) is 63.1 Å². The Balaban J connectivity index is 1.49. The smallest absolute Gasteiger partial charge is 0.267 e. The van der Waals surface area contributed by atoms with Crippen molar-refractivity contribution in [3.63, 3.8) is 0 Å². The van der Waals surface area contributed by atoms with Crippen molar-refractivity contribution in [2.45, 2.75) is 37.9 Å². The highest BCUT2D eigenvalue weighted by Gasteiger charge is 2.25. The first-order valence-electron chi connectivity index (χ1n) is 10.6. The average molecular weight is 466 g/mol. The summed E-state index contributed by atoms with van der Waals surface area (Å²) in [4.78, 5) is 33.0. The summed E-state index contributed by atoms with van der Waals surface area (Å²) in [6.45, 7) is 2.59. The Morgan fingerprint density at radius 1 is 1.28 bits per heavy atom. The lowest BCUT2D eigenvalue weighted by Crippen LogP contribution is -2.26. The molecule has 4 aromatic rings. The number of amides is 1. The van der Waals surface area contributed by atoms with Gasteiger partial charge in [-0.05, 0) is 55.0 Å². The molecule has 0 radical (unpaired) electrons. The number of benzene rings is 1. The van der Waals surface area contributed by atoms with Crippen LogP contribution < -0.4 is 10.9 Å². The molecule has 1 atom stereocenters. The zero-order chi connectivity index (χ0) is 22.1. The lowest BCUT2D eigenvalue weighted by molar-refractivity contribution is -0.118. The Hall–Kier alpha value is -2.84. The molecule has 1 amide bonds. The van der Waals surface area contributed by atoms with E-state index in [9.17, 15) is 9.59 Å². The van der Waals surface area contributed by atoms with Gasteiger partial charge in [-0.1, -0.05) is 36.9 Å². The highest BCUT2D eigenvalue weighted by Crippen LogP contribution is 2.37. The highest BCUT2D eigenvalue weighted by molar-refractivity contribution is 7.99. The molecule has 164 valence electrons. The molecular formula is C24H23N3O3S2. The monoisotopic (exact) mass is 465 g/mol. The second-order valence-corrected chi connectivity index (χ2v) is 10.1. The Kier molecular flexibility index (Phi) is 5.89. The number of aryl methyl sites for hydroxylation is 1. The number of hydrogen-bond donors (Lipinski definition) is 1. The number of fused-ring (bicyclic) bond motifs is 3. The van der Waals surface area contributed by atoms with E-state index in [1.807, 2.05) is 36.4 Å². The van der Waals surface area contributed by atoms with Gasteiger partial charge in [0.15, 0.2) is 5.16 Å². The maximum Gasteiger partial charge on any atom is 0.267 e. The fourth-order valence-electron chi connectivity index (χ4n) is 4.05. The summed E-state index contributed by atoms with van der Waals surface area (Å²) in [7, 11) is 0. The number of thiophene rings is 1. The summed E-state index contributed by atoms with van der Waals surface area (Å²) < 4.78 is 6.91. The van der Waals surface area contributed by atoms with Gasteiger partial charge in [0.1, 0.15) is 10.6 Å². The van der Waals surface area contributed by atoms with Crippen LogP contribution in [-0.4, -0.2) is 21.2 Å². The molecule has 32 heavy (non-hydrogen) atoms. The van der Waals surface area contributed by atoms with Crippen molar-refractivity contribution in [2.75, 3.05) is 5.75 Å². The standard InChI is InChI=1S/C24H23N3O3S2/c1-15-9-10-18-19(12-15)32-22-21(18)23(29)27(16-6-3-2-4-7-16)24(26-22)31-14-20(28)25-13-17-8-5-11-30-17/h2-8,11,15H,9-10,12-14H2,1H3,(H,25,28)/t15-/m0/s1. The van der Waals surface area contributed by atoms with E-state index >= 15 is 0 Å². The number of hydrogen-bond acceptors (Lipinski definition) is 6. The van der Waals surface area contributed by atoms with Crippen LogP contribution in [0.3, 0.4) is 0 Å². The van der Waals surface area contributed by atoms with Crippen LogP contribution in [0, 0.1) is 5.92 Å². The van der Waals surface area contributed by atoms with Crippen molar-refractivity contribution >= 4 is 39.2 Å². The number of carbonyl (C=O) groups excluding carboxylic acids is 1. The fraction of sp³-hybridized carbons (Fsp3) is 0.292. The van der Waals surface area contributed by atoms with Gasteiger partial charge >= 0.3 is 0 Å².